The zero-order valence-electron chi connectivity index (χ0n) is 15.0. The van der Waals surface area contributed by atoms with Crippen LogP contribution in [0.4, 0.5) is 0 Å². The van der Waals surface area contributed by atoms with E-state index in [0.29, 0.717) is 6.54 Å². The summed E-state index contributed by atoms with van der Waals surface area (Å²) in [6, 6.07) is 8.87. The van der Waals surface area contributed by atoms with E-state index in [2.05, 4.69) is 40.4 Å². The van der Waals surface area contributed by atoms with Crippen molar-refractivity contribution in [3.8, 4) is 5.75 Å². The molecule has 5 nitrogen and oxygen atoms in total. The number of nitrogens with one attached hydrogen (secondary N) is 2. The number of halogens is 1. The molecule has 0 bridgehead atoms. The van der Waals surface area contributed by atoms with Crippen molar-refractivity contribution < 1.29 is 4.74 Å². The number of benzene rings is 1. The molecule has 1 aromatic carbocycles. The lowest BCUT2D eigenvalue weighted by Gasteiger charge is -2.20. The fourth-order valence-electron chi connectivity index (χ4n) is 2.64. The highest BCUT2D eigenvalue weighted by Crippen LogP contribution is 2.25. The zero-order valence-corrected chi connectivity index (χ0v) is 17.4. The van der Waals surface area contributed by atoms with E-state index in [9.17, 15) is 0 Å². The molecular formula is C18H31IN4O. The Morgan fingerprint density at radius 3 is 2.71 bits per heavy atom. The van der Waals surface area contributed by atoms with Gasteiger partial charge in [-0.3, -0.25) is 4.90 Å². The Labute approximate surface area is 163 Å². The van der Waals surface area contributed by atoms with Crippen LogP contribution < -0.4 is 15.4 Å². The molecule has 0 aliphatic heterocycles. The first-order chi connectivity index (χ1) is 11.3. The summed E-state index contributed by atoms with van der Waals surface area (Å²) in [6.45, 7) is 8.96. The van der Waals surface area contributed by atoms with Gasteiger partial charge in [0.2, 0.25) is 0 Å². The number of hydrogen-bond donors (Lipinski definition) is 2. The fraction of sp³-hybridized carbons (Fsp3) is 0.611. The number of nitrogens with zero attached hydrogens (tertiary/aromatic N) is 2. The molecule has 1 aliphatic carbocycles. The standard InChI is InChI=1S/C18H30N4O.HI/c1-4-19-18(20-11-12-22(5-2)16-9-10-16)21-14-15-7-6-8-17(13-15)23-3;/h6-8,13,16H,4-5,9-12,14H2,1-3H3,(H2,19,20,21);1H. The van der Waals surface area contributed by atoms with Gasteiger partial charge in [0.05, 0.1) is 13.7 Å². The maximum atomic E-state index is 5.26. The van der Waals surface area contributed by atoms with Crippen molar-refractivity contribution in [2.24, 2.45) is 4.99 Å². The lowest BCUT2D eigenvalue weighted by molar-refractivity contribution is 0.282. The van der Waals surface area contributed by atoms with Gasteiger partial charge in [0.25, 0.3) is 0 Å². The van der Waals surface area contributed by atoms with Gasteiger partial charge in [0, 0.05) is 25.7 Å². The largest absolute Gasteiger partial charge is 0.497 e. The molecule has 0 saturated heterocycles. The van der Waals surface area contributed by atoms with Crippen LogP contribution in [-0.4, -0.2) is 50.2 Å². The molecule has 6 heteroatoms. The molecule has 0 atom stereocenters. The number of rotatable bonds is 9. The number of guanidine groups is 1. The van der Waals surface area contributed by atoms with Crippen molar-refractivity contribution in [2.75, 3.05) is 33.3 Å². The summed E-state index contributed by atoms with van der Waals surface area (Å²) in [5.74, 6) is 1.75. The zero-order chi connectivity index (χ0) is 16.5. The molecule has 1 aromatic rings. The molecular weight excluding hydrogens is 415 g/mol. The van der Waals surface area contributed by atoms with Crippen molar-refractivity contribution in [1.29, 1.82) is 0 Å². The van der Waals surface area contributed by atoms with Crippen LogP contribution in [0.5, 0.6) is 5.75 Å². The second-order valence-corrected chi connectivity index (χ2v) is 5.83. The Morgan fingerprint density at radius 2 is 2.08 bits per heavy atom. The molecule has 0 amide bonds. The van der Waals surface area contributed by atoms with Crippen molar-refractivity contribution >= 4 is 29.9 Å². The van der Waals surface area contributed by atoms with E-state index in [-0.39, 0.29) is 24.0 Å². The third-order valence-electron chi connectivity index (χ3n) is 4.06. The van der Waals surface area contributed by atoms with Crippen LogP contribution in [0, 0.1) is 0 Å². The topological polar surface area (TPSA) is 48.9 Å². The smallest absolute Gasteiger partial charge is 0.191 e. The summed E-state index contributed by atoms with van der Waals surface area (Å²) in [4.78, 5) is 7.20. The molecule has 0 spiro atoms. The SMILES string of the molecule is CCNC(=NCc1cccc(OC)c1)NCCN(CC)C1CC1.I. The van der Waals surface area contributed by atoms with E-state index in [1.807, 2.05) is 18.2 Å². The minimum absolute atomic E-state index is 0. The molecule has 1 fully saturated rings. The predicted molar refractivity (Wildman–Crippen MR) is 111 cm³/mol. The third kappa shape index (κ3) is 7.25. The lowest BCUT2D eigenvalue weighted by atomic mass is 10.2. The predicted octanol–water partition coefficient (Wildman–Crippen LogP) is 2.85. The van der Waals surface area contributed by atoms with Crippen LogP contribution in [0.1, 0.15) is 32.3 Å². The van der Waals surface area contributed by atoms with Gasteiger partial charge in [-0.25, -0.2) is 4.99 Å². The number of hydrogen-bond acceptors (Lipinski definition) is 3. The summed E-state index contributed by atoms with van der Waals surface area (Å²) in [6.07, 6.45) is 2.72. The van der Waals surface area contributed by atoms with Gasteiger partial charge >= 0.3 is 0 Å². The summed E-state index contributed by atoms with van der Waals surface area (Å²) >= 11 is 0. The summed E-state index contributed by atoms with van der Waals surface area (Å²) < 4.78 is 5.26. The fourth-order valence-corrected chi connectivity index (χ4v) is 2.64. The van der Waals surface area contributed by atoms with Gasteiger partial charge in [0.15, 0.2) is 5.96 Å². The van der Waals surface area contributed by atoms with Crippen molar-refractivity contribution in [2.45, 2.75) is 39.3 Å². The van der Waals surface area contributed by atoms with E-state index in [4.69, 9.17) is 4.74 Å². The Kier molecular flexibility index (Phi) is 10.1. The Bertz CT molecular complexity index is 506. The van der Waals surface area contributed by atoms with Crippen molar-refractivity contribution in [3.05, 3.63) is 29.8 Å². The molecule has 0 unspecified atom stereocenters. The van der Waals surface area contributed by atoms with Crippen LogP contribution in [0.25, 0.3) is 0 Å². The second kappa shape index (κ2) is 11.5. The Balaban J connectivity index is 0.00000288. The van der Waals surface area contributed by atoms with Gasteiger partial charge < -0.3 is 15.4 Å². The molecule has 136 valence electrons. The number of aliphatic imine (C=N–C) groups is 1. The van der Waals surface area contributed by atoms with Crippen LogP contribution >= 0.6 is 24.0 Å². The summed E-state index contributed by atoms with van der Waals surface area (Å²) in [5, 5.41) is 6.74. The minimum Gasteiger partial charge on any atom is -0.497 e. The maximum Gasteiger partial charge on any atom is 0.191 e. The van der Waals surface area contributed by atoms with Crippen LogP contribution in [0.3, 0.4) is 0 Å². The van der Waals surface area contributed by atoms with Crippen LogP contribution in [-0.2, 0) is 6.54 Å². The average molecular weight is 446 g/mol. The highest BCUT2D eigenvalue weighted by atomic mass is 127. The molecule has 0 aromatic heterocycles. The Hall–Kier alpha value is -1.02. The minimum atomic E-state index is 0. The van der Waals surface area contributed by atoms with Gasteiger partial charge in [-0.15, -0.1) is 24.0 Å². The van der Waals surface area contributed by atoms with E-state index < -0.39 is 0 Å². The number of methoxy groups -OCH3 is 1. The summed E-state index contributed by atoms with van der Waals surface area (Å²) in [7, 11) is 1.69. The van der Waals surface area contributed by atoms with Gasteiger partial charge in [0.1, 0.15) is 5.75 Å². The first-order valence-corrected chi connectivity index (χ1v) is 8.66. The van der Waals surface area contributed by atoms with Crippen molar-refractivity contribution in [1.82, 2.24) is 15.5 Å². The molecule has 1 saturated carbocycles. The second-order valence-electron chi connectivity index (χ2n) is 5.83. The van der Waals surface area contributed by atoms with Crippen molar-refractivity contribution in [3.63, 3.8) is 0 Å². The monoisotopic (exact) mass is 446 g/mol. The lowest BCUT2D eigenvalue weighted by Crippen LogP contribution is -2.42. The first-order valence-electron chi connectivity index (χ1n) is 8.66. The van der Waals surface area contributed by atoms with E-state index in [1.54, 1.807) is 7.11 Å². The van der Waals surface area contributed by atoms with Crippen LogP contribution in [0.15, 0.2) is 29.3 Å². The maximum absolute atomic E-state index is 5.26. The average Bonchev–Trinajstić information content (AvgIpc) is 3.41. The molecule has 2 N–H and O–H groups in total. The third-order valence-corrected chi connectivity index (χ3v) is 4.06. The molecule has 1 aliphatic rings. The van der Waals surface area contributed by atoms with E-state index >= 15 is 0 Å². The normalized spacial score (nSPS) is 14.2. The van der Waals surface area contributed by atoms with Gasteiger partial charge in [-0.2, -0.15) is 0 Å². The summed E-state index contributed by atoms with van der Waals surface area (Å²) in [5.41, 5.74) is 1.15. The first kappa shape index (κ1) is 21.0. The highest BCUT2D eigenvalue weighted by molar-refractivity contribution is 14.0. The Morgan fingerprint density at radius 1 is 1.29 bits per heavy atom. The number of ether oxygens (including phenoxy) is 1. The van der Waals surface area contributed by atoms with Crippen LogP contribution in [0.2, 0.25) is 0 Å². The molecule has 24 heavy (non-hydrogen) atoms. The molecule has 2 rings (SSSR count). The van der Waals surface area contributed by atoms with Gasteiger partial charge in [-0.1, -0.05) is 19.1 Å². The molecule has 0 radical (unpaired) electrons. The molecule has 0 heterocycles. The van der Waals surface area contributed by atoms with E-state index in [0.717, 1.165) is 49.5 Å². The van der Waals surface area contributed by atoms with Gasteiger partial charge in [-0.05, 0) is 44.0 Å². The highest BCUT2D eigenvalue weighted by Gasteiger charge is 2.27. The number of likely N-dealkylation sites (N-methyl/N-ethyl adjacent to an activating group) is 1. The van der Waals surface area contributed by atoms with E-state index in [1.165, 1.54) is 12.8 Å². The quantitative estimate of drug-likeness (QED) is 0.348.